The van der Waals surface area contributed by atoms with Crippen molar-refractivity contribution in [3.63, 3.8) is 0 Å². The van der Waals surface area contributed by atoms with Crippen LogP contribution < -0.4 is 5.43 Å². The van der Waals surface area contributed by atoms with Crippen LogP contribution in [0.5, 0.6) is 0 Å². The average Bonchev–Trinajstić information content (AvgIpc) is 2.71. The van der Waals surface area contributed by atoms with Crippen molar-refractivity contribution in [3.05, 3.63) is 69.5 Å². The van der Waals surface area contributed by atoms with Crippen LogP contribution in [0.2, 0.25) is 0 Å². The third-order valence-electron chi connectivity index (χ3n) is 6.29. The minimum absolute atomic E-state index is 0.0495. The zero-order valence-electron chi connectivity index (χ0n) is 19.1. The van der Waals surface area contributed by atoms with Crippen molar-refractivity contribution < 1.29 is 4.79 Å². The molecule has 160 valence electrons. The molecule has 1 aliphatic heterocycles. The van der Waals surface area contributed by atoms with E-state index in [0.29, 0.717) is 0 Å². The monoisotopic (exact) mass is 415 g/mol. The van der Waals surface area contributed by atoms with Crippen molar-refractivity contribution in [1.82, 2.24) is 14.5 Å². The van der Waals surface area contributed by atoms with E-state index in [4.69, 9.17) is 0 Å². The number of nitrogens with zero attached hydrogens (tertiary/aromatic N) is 3. The fourth-order valence-electron chi connectivity index (χ4n) is 4.51. The Morgan fingerprint density at radius 2 is 1.81 bits per heavy atom. The van der Waals surface area contributed by atoms with E-state index in [1.165, 1.54) is 18.1 Å². The molecule has 3 aromatic rings. The van der Waals surface area contributed by atoms with Crippen LogP contribution in [-0.2, 0) is 12.8 Å². The maximum atomic E-state index is 12.7. The van der Waals surface area contributed by atoms with Gasteiger partial charge in [-0.1, -0.05) is 33.8 Å². The Balaban J connectivity index is 1.99. The molecule has 0 amide bonds. The summed E-state index contributed by atoms with van der Waals surface area (Å²) in [7, 11) is 0. The van der Waals surface area contributed by atoms with Gasteiger partial charge in [0.25, 0.3) is 0 Å². The normalized spacial score (nSPS) is 15.4. The van der Waals surface area contributed by atoms with Gasteiger partial charge in [0, 0.05) is 41.8 Å². The second-order valence-corrected chi connectivity index (χ2v) is 9.53. The van der Waals surface area contributed by atoms with Gasteiger partial charge in [0.15, 0.2) is 11.2 Å². The molecule has 2 aromatic heterocycles. The number of carbonyl (C=O) groups excluding carboxylic acids is 1. The summed E-state index contributed by atoms with van der Waals surface area (Å²) in [5.74, 6) is 0.560. The zero-order chi connectivity index (χ0) is 22.5. The fraction of sp³-hybridized carbons (Fsp3) is 0.385. The first kappa shape index (κ1) is 21.2. The number of hydrogen-bond acceptors (Lipinski definition) is 4. The first-order valence-electron chi connectivity index (χ1n) is 10.8. The van der Waals surface area contributed by atoms with E-state index in [1.807, 2.05) is 19.3 Å². The number of aryl methyl sites for hydroxylation is 2. The summed E-state index contributed by atoms with van der Waals surface area (Å²) in [5.41, 5.74) is 6.50. The van der Waals surface area contributed by atoms with Crippen LogP contribution in [0.1, 0.15) is 68.0 Å². The molecule has 0 saturated heterocycles. The summed E-state index contributed by atoms with van der Waals surface area (Å²) in [6.45, 7) is 12.1. The first-order valence-corrected chi connectivity index (χ1v) is 10.8. The third kappa shape index (κ3) is 3.73. The SMILES string of the molecule is CCc1cc2c(cc1-c1cnc(C)nc1)CC(C(C)(C)C)n1cc(C(C)=O)c(=O)cc1-2. The summed E-state index contributed by atoms with van der Waals surface area (Å²) in [6, 6.07) is 6.21. The second-order valence-electron chi connectivity index (χ2n) is 9.53. The standard InChI is InChI=1S/C26H29N3O2/c1-7-17-8-21-18(9-20(17)19-12-27-16(3)28-13-19)10-25(26(4,5)6)29-14-22(15(2)30)24(31)11-23(21)29/h8-9,11-14,25H,7,10H2,1-6H3. The van der Waals surface area contributed by atoms with Crippen molar-refractivity contribution in [3.8, 4) is 22.4 Å². The molecular formula is C26H29N3O2. The molecule has 4 rings (SSSR count). The number of hydrogen-bond donors (Lipinski definition) is 0. The largest absolute Gasteiger partial charge is 0.343 e. The van der Waals surface area contributed by atoms with E-state index < -0.39 is 0 Å². The van der Waals surface area contributed by atoms with Gasteiger partial charge in [0.05, 0.1) is 11.3 Å². The van der Waals surface area contributed by atoms with Crippen LogP contribution in [0.15, 0.2) is 41.6 Å². The van der Waals surface area contributed by atoms with Crippen LogP contribution in [-0.4, -0.2) is 20.3 Å². The number of benzene rings is 1. The lowest BCUT2D eigenvalue weighted by Gasteiger charge is -2.39. The van der Waals surface area contributed by atoms with E-state index in [2.05, 4.69) is 54.4 Å². The van der Waals surface area contributed by atoms with Crippen LogP contribution >= 0.6 is 0 Å². The second kappa shape index (κ2) is 7.56. The fourth-order valence-corrected chi connectivity index (χ4v) is 4.51. The predicted octanol–water partition coefficient (Wildman–Crippen LogP) is 5.19. The van der Waals surface area contributed by atoms with Gasteiger partial charge in [-0.2, -0.15) is 0 Å². The van der Waals surface area contributed by atoms with Gasteiger partial charge in [0.1, 0.15) is 5.82 Å². The summed E-state index contributed by atoms with van der Waals surface area (Å²) in [6.07, 6.45) is 7.21. The number of Topliss-reactive ketones (excluding diaryl/α,β-unsaturated/α-hetero) is 1. The molecule has 0 spiro atoms. The van der Waals surface area contributed by atoms with Gasteiger partial charge in [-0.25, -0.2) is 9.97 Å². The van der Waals surface area contributed by atoms with Crippen molar-refractivity contribution >= 4 is 5.78 Å². The van der Waals surface area contributed by atoms with Crippen LogP contribution in [0, 0.1) is 12.3 Å². The van der Waals surface area contributed by atoms with Gasteiger partial charge >= 0.3 is 0 Å². The highest BCUT2D eigenvalue weighted by Gasteiger charge is 2.33. The minimum atomic E-state index is -0.215. The molecule has 0 radical (unpaired) electrons. The number of fused-ring (bicyclic) bond motifs is 3. The molecule has 5 heteroatoms. The van der Waals surface area contributed by atoms with E-state index in [0.717, 1.165) is 41.1 Å². The molecule has 5 nitrogen and oxygen atoms in total. The molecule has 0 fully saturated rings. The summed E-state index contributed by atoms with van der Waals surface area (Å²) in [4.78, 5) is 33.5. The Kier molecular flexibility index (Phi) is 5.16. The number of pyridine rings is 1. The topological polar surface area (TPSA) is 64.8 Å². The summed E-state index contributed by atoms with van der Waals surface area (Å²) >= 11 is 0. The quantitative estimate of drug-likeness (QED) is 0.552. The Labute approximate surface area is 183 Å². The number of ketones is 1. The molecular weight excluding hydrogens is 386 g/mol. The Hall–Kier alpha value is -3.08. The molecule has 1 aromatic carbocycles. The van der Waals surface area contributed by atoms with Crippen LogP contribution in [0.3, 0.4) is 0 Å². The van der Waals surface area contributed by atoms with Crippen LogP contribution in [0.25, 0.3) is 22.4 Å². The van der Waals surface area contributed by atoms with E-state index >= 15 is 0 Å². The number of carbonyl (C=O) groups is 1. The maximum Gasteiger partial charge on any atom is 0.192 e. The van der Waals surface area contributed by atoms with E-state index in [9.17, 15) is 9.59 Å². The smallest absolute Gasteiger partial charge is 0.192 e. The van der Waals surface area contributed by atoms with Gasteiger partial charge in [0.2, 0.25) is 0 Å². The molecule has 0 aliphatic carbocycles. The summed E-state index contributed by atoms with van der Waals surface area (Å²) < 4.78 is 2.15. The highest BCUT2D eigenvalue weighted by molar-refractivity contribution is 5.94. The molecule has 3 heterocycles. The number of rotatable bonds is 3. The number of aromatic nitrogens is 3. The molecule has 1 aliphatic rings. The molecule has 31 heavy (non-hydrogen) atoms. The Bertz CT molecular complexity index is 1230. The molecule has 0 saturated carbocycles. The Morgan fingerprint density at radius 3 is 2.39 bits per heavy atom. The van der Waals surface area contributed by atoms with Crippen molar-refractivity contribution in [2.75, 3.05) is 0 Å². The summed E-state index contributed by atoms with van der Waals surface area (Å²) in [5, 5.41) is 0. The van der Waals surface area contributed by atoms with Crippen LogP contribution in [0.4, 0.5) is 0 Å². The lowest BCUT2D eigenvalue weighted by atomic mass is 9.77. The highest BCUT2D eigenvalue weighted by Crippen LogP contribution is 2.44. The third-order valence-corrected chi connectivity index (χ3v) is 6.29. The lowest BCUT2D eigenvalue weighted by Crippen LogP contribution is -2.32. The molecule has 1 unspecified atom stereocenters. The molecule has 0 N–H and O–H groups in total. The average molecular weight is 416 g/mol. The van der Waals surface area contributed by atoms with E-state index in [1.54, 1.807) is 12.3 Å². The molecule has 0 bridgehead atoms. The highest BCUT2D eigenvalue weighted by atomic mass is 16.1. The maximum absolute atomic E-state index is 12.7. The zero-order valence-corrected chi connectivity index (χ0v) is 19.1. The van der Waals surface area contributed by atoms with Crippen molar-refractivity contribution in [2.24, 2.45) is 5.41 Å². The predicted molar refractivity (Wildman–Crippen MR) is 123 cm³/mol. The van der Waals surface area contributed by atoms with E-state index in [-0.39, 0.29) is 28.2 Å². The lowest BCUT2D eigenvalue weighted by molar-refractivity contribution is 0.101. The van der Waals surface area contributed by atoms with Gasteiger partial charge in [-0.3, -0.25) is 9.59 Å². The Morgan fingerprint density at radius 1 is 1.13 bits per heavy atom. The van der Waals surface area contributed by atoms with Crippen molar-refractivity contribution in [1.29, 1.82) is 0 Å². The van der Waals surface area contributed by atoms with Crippen molar-refractivity contribution in [2.45, 2.75) is 60.4 Å². The first-order chi connectivity index (χ1) is 14.6. The van der Waals surface area contributed by atoms with Gasteiger partial charge in [-0.05, 0) is 54.9 Å². The van der Waals surface area contributed by atoms with Gasteiger partial charge < -0.3 is 4.57 Å². The minimum Gasteiger partial charge on any atom is -0.343 e. The molecule has 1 atom stereocenters. The van der Waals surface area contributed by atoms with Gasteiger partial charge in [-0.15, -0.1) is 0 Å².